The molecule has 0 bridgehead atoms. The zero-order valence-electron chi connectivity index (χ0n) is 7.48. The zero-order valence-corrected chi connectivity index (χ0v) is 8.30. The van der Waals surface area contributed by atoms with Crippen LogP contribution in [0.15, 0.2) is 6.20 Å². The topological polar surface area (TPSA) is 59.4 Å². The van der Waals surface area contributed by atoms with Crippen molar-refractivity contribution in [2.24, 2.45) is 0 Å². The molecule has 0 saturated carbocycles. The average molecular weight is 201 g/mol. The molecule has 0 aliphatic heterocycles. The summed E-state index contributed by atoms with van der Waals surface area (Å²) in [6.45, 7) is 3.70. The van der Waals surface area contributed by atoms with E-state index in [1.165, 1.54) is 6.20 Å². The number of esters is 1. The Balaban J connectivity index is 2.73. The quantitative estimate of drug-likeness (QED) is 0.750. The minimum atomic E-state index is -0.631. The van der Waals surface area contributed by atoms with Gasteiger partial charge in [-0.3, -0.25) is 0 Å². The lowest BCUT2D eigenvalue weighted by Gasteiger charge is -1.97. The number of carbonyl (C=O) groups excluding carboxylic acids is 1. The Kier molecular flexibility index (Phi) is 3.39. The molecule has 0 spiro atoms. The van der Waals surface area contributed by atoms with E-state index in [0.717, 1.165) is 11.3 Å². The van der Waals surface area contributed by atoms with Crippen LogP contribution in [0.3, 0.4) is 0 Å². The number of carbonyl (C=O) groups is 1. The first-order valence-corrected chi connectivity index (χ1v) is 4.77. The lowest BCUT2D eigenvalue weighted by atomic mass is 10.4. The summed E-state index contributed by atoms with van der Waals surface area (Å²) in [6.07, 6.45) is 0.790. The Morgan fingerprint density at radius 1 is 1.85 bits per heavy atom. The fourth-order valence-electron chi connectivity index (χ4n) is 0.777. The van der Waals surface area contributed by atoms with E-state index in [0.29, 0.717) is 16.5 Å². The summed E-state index contributed by atoms with van der Waals surface area (Å²) < 4.78 is 4.77. The SMILES string of the molecule is CCOC(=O)c1cnc([C@@H](C)O)s1. The molecule has 1 N–H and O–H groups in total. The van der Waals surface area contributed by atoms with E-state index >= 15 is 0 Å². The first-order chi connectivity index (χ1) is 6.15. The van der Waals surface area contributed by atoms with Crippen molar-refractivity contribution < 1.29 is 14.6 Å². The van der Waals surface area contributed by atoms with Crippen molar-refractivity contribution in [3.05, 3.63) is 16.1 Å². The van der Waals surface area contributed by atoms with Gasteiger partial charge in [-0.1, -0.05) is 0 Å². The molecule has 0 radical (unpaired) electrons. The van der Waals surface area contributed by atoms with Gasteiger partial charge in [-0.2, -0.15) is 0 Å². The summed E-state index contributed by atoms with van der Waals surface area (Å²) >= 11 is 1.15. The standard InChI is InChI=1S/C8H11NO3S/c1-3-12-8(11)6-4-9-7(13-6)5(2)10/h4-5,10H,3H2,1-2H3/t5-/m1/s1. The molecular formula is C8H11NO3S. The molecule has 0 aromatic carbocycles. The Morgan fingerprint density at radius 3 is 3.00 bits per heavy atom. The predicted molar refractivity (Wildman–Crippen MR) is 48.7 cm³/mol. The van der Waals surface area contributed by atoms with Crippen LogP contribution in [0.2, 0.25) is 0 Å². The largest absolute Gasteiger partial charge is 0.462 e. The Morgan fingerprint density at radius 2 is 2.54 bits per heavy atom. The van der Waals surface area contributed by atoms with E-state index in [2.05, 4.69) is 4.98 Å². The fraction of sp³-hybridized carbons (Fsp3) is 0.500. The Bertz CT molecular complexity index is 295. The number of aliphatic hydroxyl groups is 1. The highest BCUT2D eigenvalue weighted by molar-refractivity contribution is 7.13. The minimum absolute atomic E-state index is 0.348. The van der Waals surface area contributed by atoms with Gasteiger partial charge in [-0.15, -0.1) is 11.3 Å². The van der Waals surface area contributed by atoms with Crippen molar-refractivity contribution in [2.75, 3.05) is 6.61 Å². The summed E-state index contributed by atoms with van der Waals surface area (Å²) in [7, 11) is 0. The van der Waals surface area contributed by atoms with Crippen LogP contribution in [0.4, 0.5) is 0 Å². The molecule has 1 rings (SSSR count). The fourth-order valence-corrected chi connectivity index (χ4v) is 1.53. The van der Waals surface area contributed by atoms with Crippen LogP contribution in [-0.2, 0) is 4.74 Å². The highest BCUT2D eigenvalue weighted by Gasteiger charge is 2.13. The van der Waals surface area contributed by atoms with Crippen molar-refractivity contribution >= 4 is 17.3 Å². The first kappa shape index (κ1) is 10.1. The highest BCUT2D eigenvalue weighted by atomic mass is 32.1. The molecule has 0 saturated heterocycles. The van der Waals surface area contributed by atoms with E-state index in [1.807, 2.05) is 0 Å². The molecule has 1 atom stereocenters. The molecule has 72 valence electrons. The number of aliphatic hydroxyl groups excluding tert-OH is 1. The van der Waals surface area contributed by atoms with Crippen LogP contribution >= 0.6 is 11.3 Å². The number of hydrogen-bond acceptors (Lipinski definition) is 5. The Labute approximate surface area is 80.2 Å². The number of thiazole rings is 1. The molecule has 0 amide bonds. The predicted octanol–water partition coefficient (Wildman–Crippen LogP) is 1.37. The zero-order chi connectivity index (χ0) is 9.84. The third-order valence-electron chi connectivity index (χ3n) is 1.36. The summed E-state index contributed by atoms with van der Waals surface area (Å²) in [4.78, 5) is 15.5. The molecule has 1 heterocycles. The van der Waals surface area contributed by atoms with Crippen LogP contribution in [0.5, 0.6) is 0 Å². The maximum absolute atomic E-state index is 11.1. The van der Waals surface area contributed by atoms with E-state index in [9.17, 15) is 4.79 Å². The van der Waals surface area contributed by atoms with Gasteiger partial charge < -0.3 is 9.84 Å². The van der Waals surface area contributed by atoms with Gasteiger partial charge in [0.15, 0.2) is 0 Å². The monoisotopic (exact) mass is 201 g/mol. The van der Waals surface area contributed by atoms with Crippen LogP contribution in [0, 0.1) is 0 Å². The third-order valence-corrected chi connectivity index (χ3v) is 2.51. The van der Waals surface area contributed by atoms with E-state index in [-0.39, 0.29) is 5.97 Å². The number of rotatable bonds is 3. The molecule has 4 nitrogen and oxygen atoms in total. The van der Waals surface area contributed by atoms with Crippen molar-refractivity contribution in [3.8, 4) is 0 Å². The van der Waals surface area contributed by atoms with Crippen molar-refractivity contribution in [2.45, 2.75) is 20.0 Å². The molecule has 1 aromatic rings. The van der Waals surface area contributed by atoms with Crippen LogP contribution in [-0.4, -0.2) is 22.7 Å². The molecule has 1 aromatic heterocycles. The molecule has 0 unspecified atom stereocenters. The normalized spacial score (nSPS) is 12.5. The summed E-state index contributed by atoms with van der Waals surface area (Å²) in [5.74, 6) is -0.382. The van der Waals surface area contributed by atoms with E-state index in [4.69, 9.17) is 9.84 Å². The number of hydrogen-bond donors (Lipinski definition) is 1. The summed E-state index contributed by atoms with van der Waals surface area (Å²) in [6, 6.07) is 0. The van der Waals surface area contributed by atoms with Gasteiger partial charge >= 0.3 is 5.97 Å². The Hall–Kier alpha value is -0.940. The van der Waals surface area contributed by atoms with Crippen LogP contribution in [0.1, 0.15) is 34.6 Å². The lowest BCUT2D eigenvalue weighted by molar-refractivity contribution is 0.0532. The number of aromatic nitrogens is 1. The van der Waals surface area contributed by atoms with E-state index < -0.39 is 6.10 Å². The van der Waals surface area contributed by atoms with Gasteiger partial charge in [0.05, 0.1) is 12.8 Å². The van der Waals surface area contributed by atoms with Gasteiger partial charge in [0.25, 0.3) is 0 Å². The molecule has 0 fully saturated rings. The number of ether oxygens (including phenoxy) is 1. The highest BCUT2D eigenvalue weighted by Crippen LogP contribution is 2.19. The van der Waals surface area contributed by atoms with Gasteiger partial charge in [0, 0.05) is 0 Å². The molecule has 13 heavy (non-hydrogen) atoms. The van der Waals surface area contributed by atoms with Crippen LogP contribution in [0.25, 0.3) is 0 Å². The molecular weight excluding hydrogens is 190 g/mol. The summed E-state index contributed by atoms with van der Waals surface area (Å²) in [5.41, 5.74) is 0. The second-order valence-corrected chi connectivity index (χ2v) is 3.52. The smallest absolute Gasteiger partial charge is 0.349 e. The second kappa shape index (κ2) is 4.34. The summed E-state index contributed by atoms with van der Waals surface area (Å²) in [5, 5.41) is 9.68. The van der Waals surface area contributed by atoms with Gasteiger partial charge in [0.2, 0.25) is 0 Å². The third kappa shape index (κ3) is 2.50. The average Bonchev–Trinajstić information content (AvgIpc) is 2.52. The van der Waals surface area contributed by atoms with Crippen molar-refractivity contribution in [1.82, 2.24) is 4.98 Å². The lowest BCUT2D eigenvalue weighted by Crippen LogP contribution is -2.01. The molecule has 5 heteroatoms. The maximum Gasteiger partial charge on any atom is 0.349 e. The molecule has 0 aliphatic rings. The van der Waals surface area contributed by atoms with Crippen LogP contribution < -0.4 is 0 Å². The van der Waals surface area contributed by atoms with Crippen molar-refractivity contribution in [1.29, 1.82) is 0 Å². The maximum atomic E-state index is 11.1. The van der Waals surface area contributed by atoms with Crippen molar-refractivity contribution in [3.63, 3.8) is 0 Å². The second-order valence-electron chi connectivity index (χ2n) is 2.46. The van der Waals surface area contributed by atoms with Gasteiger partial charge in [0.1, 0.15) is 16.0 Å². The molecule has 0 aliphatic carbocycles. The van der Waals surface area contributed by atoms with Gasteiger partial charge in [-0.25, -0.2) is 9.78 Å². The van der Waals surface area contributed by atoms with Gasteiger partial charge in [-0.05, 0) is 13.8 Å². The number of nitrogens with zero attached hydrogens (tertiary/aromatic N) is 1. The first-order valence-electron chi connectivity index (χ1n) is 3.96. The van der Waals surface area contributed by atoms with E-state index in [1.54, 1.807) is 13.8 Å². The minimum Gasteiger partial charge on any atom is -0.462 e.